The molecule has 1 aliphatic carbocycles. The van der Waals surface area contributed by atoms with Gasteiger partial charge in [0.15, 0.2) is 0 Å². The second-order valence-electron chi connectivity index (χ2n) is 10.8. The van der Waals surface area contributed by atoms with Crippen LogP contribution < -0.4 is 16.0 Å². The molecule has 4 rings (SSSR count). The molecule has 2 fully saturated rings. The van der Waals surface area contributed by atoms with Gasteiger partial charge in [-0.25, -0.2) is 9.59 Å². The number of rotatable bonds is 5. The highest BCUT2D eigenvalue weighted by Gasteiger charge is 2.50. The number of ether oxygens (including phenoxy) is 2. The van der Waals surface area contributed by atoms with Gasteiger partial charge in [-0.05, 0) is 69.2 Å². The first-order chi connectivity index (χ1) is 16.5. The van der Waals surface area contributed by atoms with Crippen LogP contribution in [0.25, 0.3) is 0 Å². The van der Waals surface area contributed by atoms with Crippen LogP contribution in [0.15, 0.2) is 48.5 Å². The number of nitrogen functional groups attached to an aromatic ring is 1. The number of amides is 2. The molecule has 1 saturated carbocycles. The Labute approximate surface area is 207 Å². The van der Waals surface area contributed by atoms with Crippen LogP contribution in [0.2, 0.25) is 0 Å². The Balaban J connectivity index is 1.27. The first-order valence-corrected chi connectivity index (χ1v) is 12.1. The van der Waals surface area contributed by atoms with Gasteiger partial charge in [0, 0.05) is 31.9 Å². The average Bonchev–Trinajstić information content (AvgIpc) is 3.23. The molecule has 188 valence electrons. The molecule has 0 bridgehead atoms. The Hall–Kier alpha value is -3.42. The highest BCUT2D eigenvalue weighted by molar-refractivity contribution is 5.89. The largest absolute Gasteiger partial charge is 0.444 e. The van der Waals surface area contributed by atoms with E-state index in [1.807, 2.05) is 68.1 Å². The molecular formula is C27H36N4O4. The number of nitrogens with one attached hydrogen (secondary N) is 1. The van der Waals surface area contributed by atoms with E-state index in [1.165, 1.54) is 4.90 Å². The molecule has 2 aliphatic rings. The fourth-order valence-electron chi connectivity index (χ4n) is 4.87. The van der Waals surface area contributed by atoms with E-state index in [9.17, 15) is 9.59 Å². The summed E-state index contributed by atoms with van der Waals surface area (Å²) < 4.78 is 10.9. The molecule has 1 spiro atoms. The minimum absolute atomic E-state index is 0.159. The van der Waals surface area contributed by atoms with E-state index in [1.54, 1.807) is 13.1 Å². The van der Waals surface area contributed by atoms with Crippen LogP contribution in [-0.4, -0.2) is 48.9 Å². The van der Waals surface area contributed by atoms with Crippen molar-refractivity contribution in [3.8, 4) is 0 Å². The highest BCUT2D eigenvalue weighted by Crippen LogP contribution is 2.49. The molecule has 3 N–H and O–H groups in total. The number of nitrogens with two attached hydrogens (primary N) is 1. The number of anilines is 3. The molecule has 1 heterocycles. The molecule has 2 amide bonds. The van der Waals surface area contributed by atoms with Crippen LogP contribution in [0.4, 0.5) is 26.7 Å². The van der Waals surface area contributed by atoms with Crippen LogP contribution >= 0.6 is 0 Å². The predicted molar refractivity (Wildman–Crippen MR) is 137 cm³/mol. The van der Waals surface area contributed by atoms with Gasteiger partial charge < -0.3 is 25.4 Å². The number of carbonyl (C=O) groups is 2. The second-order valence-corrected chi connectivity index (χ2v) is 10.8. The zero-order valence-corrected chi connectivity index (χ0v) is 21.0. The third kappa shape index (κ3) is 5.99. The molecule has 0 unspecified atom stereocenters. The summed E-state index contributed by atoms with van der Waals surface area (Å²) >= 11 is 0. The summed E-state index contributed by atoms with van der Waals surface area (Å²) in [6.07, 6.45) is 2.30. The SMILES string of the molecule is CN(C(=O)OCc1ccccc1)c1ccc(NC2CC3(CCN(C(=O)OC(C)(C)C)C3)C2)c(N)c1. The molecule has 0 aromatic heterocycles. The Morgan fingerprint density at radius 2 is 1.89 bits per heavy atom. The number of hydrogen-bond donors (Lipinski definition) is 2. The molecule has 8 heteroatoms. The minimum Gasteiger partial charge on any atom is -0.444 e. The highest BCUT2D eigenvalue weighted by atomic mass is 16.6. The number of benzene rings is 2. The maximum atomic E-state index is 12.5. The maximum Gasteiger partial charge on any atom is 0.414 e. The molecule has 1 saturated heterocycles. The number of nitrogens with zero attached hydrogens (tertiary/aromatic N) is 2. The zero-order chi connectivity index (χ0) is 25.2. The summed E-state index contributed by atoms with van der Waals surface area (Å²) in [5.41, 5.74) is 9.01. The van der Waals surface area contributed by atoms with Crippen molar-refractivity contribution in [2.45, 2.75) is 58.3 Å². The molecule has 8 nitrogen and oxygen atoms in total. The molecule has 1 aliphatic heterocycles. The molecule has 0 radical (unpaired) electrons. The van der Waals surface area contributed by atoms with Crippen LogP contribution in [0.5, 0.6) is 0 Å². The molecule has 2 aromatic rings. The van der Waals surface area contributed by atoms with Crippen molar-refractivity contribution < 1.29 is 19.1 Å². The fraction of sp³-hybridized carbons (Fsp3) is 0.481. The number of hydrogen-bond acceptors (Lipinski definition) is 6. The van der Waals surface area contributed by atoms with Crippen molar-refractivity contribution in [1.82, 2.24) is 4.90 Å². The first kappa shape index (κ1) is 24.7. The summed E-state index contributed by atoms with van der Waals surface area (Å²) in [5.74, 6) is 0. The zero-order valence-electron chi connectivity index (χ0n) is 21.0. The first-order valence-electron chi connectivity index (χ1n) is 12.1. The Morgan fingerprint density at radius 3 is 2.54 bits per heavy atom. The summed E-state index contributed by atoms with van der Waals surface area (Å²) in [6, 6.07) is 15.4. The molecule has 2 aromatic carbocycles. The van der Waals surface area contributed by atoms with Crippen molar-refractivity contribution in [1.29, 1.82) is 0 Å². The third-order valence-corrected chi connectivity index (χ3v) is 6.71. The van der Waals surface area contributed by atoms with Crippen LogP contribution in [0.3, 0.4) is 0 Å². The van der Waals surface area contributed by atoms with Crippen LogP contribution in [0.1, 0.15) is 45.6 Å². The van der Waals surface area contributed by atoms with Crippen molar-refractivity contribution in [2.75, 3.05) is 36.1 Å². The van der Waals surface area contributed by atoms with E-state index >= 15 is 0 Å². The van der Waals surface area contributed by atoms with Gasteiger partial charge in [-0.3, -0.25) is 4.90 Å². The van der Waals surface area contributed by atoms with Gasteiger partial charge in [-0.2, -0.15) is 0 Å². The van der Waals surface area contributed by atoms with Crippen molar-refractivity contribution in [2.24, 2.45) is 5.41 Å². The van der Waals surface area contributed by atoms with E-state index in [4.69, 9.17) is 15.2 Å². The van der Waals surface area contributed by atoms with Crippen molar-refractivity contribution in [3.63, 3.8) is 0 Å². The molecule has 0 atom stereocenters. The lowest BCUT2D eigenvalue weighted by Crippen LogP contribution is -2.47. The summed E-state index contributed by atoms with van der Waals surface area (Å²) in [7, 11) is 1.67. The topological polar surface area (TPSA) is 97.1 Å². The van der Waals surface area contributed by atoms with Gasteiger partial charge in [-0.15, -0.1) is 0 Å². The van der Waals surface area contributed by atoms with E-state index in [0.717, 1.165) is 43.6 Å². The van der Waals surface area contributed by atoms with Gasteiger partial charge in [0.25, 0.3) is 0 Å². The third-order valence-electron chi connectivity index (χ3n) is 6.71. The Kier molecular flexibility index (Phi) is 6.83. The fourth-order valence-corrected chi connectivity index (χ4v) is 4.87. The Bertz CT molecular complexity index is 1060. The van der Waals surface area contributed by atoms with E-state index in [0.29, 0.717) is 17.4 Å². The summed E-state index contributed by atoms with van der Waals surface area (Å²) in [5, 5.41) is 3.53. The van der Waals surface area contributed by atoms with E-state index < -0.39 is 11.7 Å². The van der Waals surface area contributed by atoms with Crippen molar-refractivity contribution in [3.05, 3.63) is 54.1 Å². The smallest absolute Gasteiger partial charge is 0.414 e. The molecule has 35 heavy (non-hydrogen) atoms. The van der Waals surface area contributed by atoms with E-state index in [2.05, 4.69) is 5.32 Å². The van der Waals surface area contributed by atoms with Crippen LogP contribution in [0, 0.1) is 5.41 Å². The lowest BCUT2D eigenvalue weighted by Gasteiger charge is -2.46. The number of likely N-dealkylation sites (tertiary alicyclic amines) is 1. The van der Waals surface area contributed by atoms with Gasteiger partial charge in [0.1, 0.15) is 12.2 Å². The van der Waals surface area contributed by atoms with E-state index in [-0.39, 0.29) is 18.1 Å². The Morgan fingerprint density at radius 1 is 1.17 bits per heavy atom. The van der Waals surface area contributed by atoms with Crippen LogP contribution in [-0.2, 0) is 16.1 Å². The normalized spacial score (nSPS) is 21.4. The van der Waals surface area contributed by atoms with Gasteiger partial charge in [0.2, 0.25) is 0 Å². The standard InChI is InChI=1S/C27H36N4O4/c1-26(2,3)35-25(33)31-13-12-27(18-31)15-20(16-27)29-23-11-10-21(14-22(23)28)30(4)24(32)34-17-19-8-6-5-7-9-19/h5-11,14,20,29H,12-13,15-18,28H2,1-4H3. The second kappa shape index (κ2) is 9.68. The number of carbonyl (C=O) groups excluding carboxylic acids is 2. The molecular weight excluding hydrogens is 444 g/mol. The van der Waals surface area contributed by atoms with Crippen molar-refractivity contribution >= 4 is 29.2 Å². The average molecular weight is 481 g/mol. The van der Waals surface area contributed by atoms with Gasteiger partial charge >= 0.3 is 12.2 Å². The lowest BCUT2D eigenvalue weighted by atomic mass is 9.65. The summed E-state index contributed by atoms with van der Waals surface area (Å²) in [6.45, 7) is 7.37. The van der Waals surface area contributed by atoms with Gasteiger partial charge in [-0.1, -0.05) is 30.3 Å². The minimum atomic E-state index is -0.479. The maximum absolute atomic E-state index is 12.5. The lowest BCUT2D eigenvalue weighted by molar-refractivity contribution is 0.0237. The predicted octanol–water partition coefficient (Wildman–Crippen LogP) is 5.24. The monoisotopic (exact) mass is 480 g/mol. The quantitative estimate of drug-likeness (QED) is 0.568. The summed E-state index contributed by atoms with van der Waals surface area (Å²) in [4.78, 5) is 28.1. The van der Waals surface area contributed by atoms with Gasteiger partial charge in [0.05, 0.1) is 11.4 Å².